The molecule has 0 radical (unpaired) electrons. The number of morpholine rings is 1. The summed E-state index contributed by atoms with van der Waals surface area (Å²) in [7, 11) is 0. The molecule has 26 heavy (non-hydrogen) atoms. The standard InChI is InChI=1S/C18H21Cl2N3O2S/c1-11-8-23(9-12(2)25-11)10-17(24)22-18-21-7-13(26-18)6-14-15(19)4-3-5-16(14)20/h3-5,7,11-12H,6,8-10H2,1-2H3,(H,21,22,24)/t11-,12+. The molecule has 1 aromatic carbocycles. The number of nitrogens with one attached hydrogen (secondary N) is 1. The highest BCUT2D eigenvalue weighted by Gasteiger charge is 2.24. The molecule has 2 heterocycles. The zero-order chi connectivity index (χ0) is 18.7. The summed E-state index contributed by atoms with van der Waals surface area (Å²) in [6.45, 7) is 5.89. The summed E-state index contributed by atoms with van der Waals surface area (Å²) >= 11 is 13.9. The fraction of sp³-hybridized carbons (Fsp3) is 0.444. The molecule has 2 aromatic rings. The lowest BCUT2D eigenvalue weighted by Gasteiger charge is -2.34. The van der Waals surface area contributed by atoms with Gasteiger partial charge >= 0.3 is 0 Å². The van der Waals surface area contributed by atoms with Gasteiger partial charge in [0, 0.05) is 40.6 Å². The maximum atomic E-state index is 12.3. The number of carbonyl (C=O) groups is 1. The quantitative estimate of drug-likeness (QED) is 0.801. The molecule has 140 valence electrons. The second kappa shape index (κ2) is 8.67. The molecule has 1 saturated heterocycles. The molecule has 0 saturated carbocycles. The third-order valence-corrected chi connectivity index (χ3v) is 5.70. The van der Waals surface area contributed by atoms with E-state index in [1.54, 1.807) is 6.20 Å². The average molecular weight is 414 g/mol. The number of carbonyl (C=O) groups excluding carboxylic acids is 1. The van der Waals surface area contributed by atoms with Crippen LogP contribution in [0.5, 0.6) is 0 Å². The van der Waals surface area contributed by atoms with E-state index < -0.39 is 0 Å². The zero-order valence-corrected chi connectivity index (χ0v) is 17.0. The SMILES string of the molecule is C[C@@H]1CN(CC(=O)Nc2ncc(Cc3c(Cl)cccc3Cl)s2)C[C@H](C)O1. The second-order valence-electron chi connectivity index (χ2n) is 6.51. The van der Waals surface area contributed by atoms with Crippen LogP contribution in [0.3, 0.4) is 0 Å². The van der Waals surface area contributed by atoms with Crippen LogP contribution in [-0.4, -0.2) is 47.6 Å². The van der Waals surface area contributed by atoms with Crippen LogP contribution in [0.1, 0.15) is 24.3 Å². The summed E-state index contributed by atoms with van der Waals surface area (Å²) < 4.78 is 5.69. The van der Waals surface area contributed by atoms with Gasteiger partial charge in [-0.15, -0.1) is 11.3 Å². The van der Waals surface area contributed by atoms with Gasteiger partial charge in [-0.3, -0.25) is 9.69 Å². The van der Waals surface area contributed by atoms with Gasteiger partial charge in [-0.2, -0.15) is 0 Å². The number of halogens is 2. The summed E-state index contributed by atoms with van der Waals surface area (Å²) in [6.07, 6.45) is 2.61. The summed E-state index contributed by atoms with van der Waals surface area (Å²) in [5, 5.41) is 4.72. The molecule has 1 amide bonds. The normalized spacial score (nSPS) is 20.9. The lowest BCUT2D eigenvalue weighted by molar-refractivity contribution is -0.121. The van der Waals surface area contributed by atoms with Crippen molar-refractivity contribution in [3.63, 3.8) is 0 Å². The molecular formula is C18H21Cl2N3O2S. The van der Waals surface area contributed by atoms with E-state index in [0.717, 1.165) is 23.5 Å². The van der Waals surface area contributed by atoms with E-state index in [1.807, 2.05) is 32.0 Å². The van der Waals surface area contributed by atoms with Gasteiger partial charge in [0.1, 0.15) is 0 Å². The molecule has 1 aromatic heterocycles. The molecule has 5 nitrogen and oxygen atoms in total. The Morgan fingerprint density at radius 2 is 1.96 bits per heavy atom. The largest absolute Gasteiger partial charge is 0.373 e. The van der Waals surface area contributed by atoms with Gasteiger partial charge in [0.25, 0.3) is 0 Å². The Balaban J connectivity index is 1.57. The van der Waals surface area contributed by atoms with E-state index in [0.29, 0.717) is 28.1 Å². The van der Waals surface area contributed by atoms with Crippen molar-refractivity contribution in [3.8, 4) is 0 Å². The number of aromatic nitrogens is 1. The summed E-state index contributed by atoms with van der Waals surface area (Å²) in [4.78, 5) is 19.7. The highest BCUT2D eigenvalue weighted by atomic mass is 35.5. The molecule has 2 atom stereocenters. The van der Waals surface area contributed by atoms with Gasteiger partial charge in [-0.1, -0.05) is 29.3 Å². The number of nitrogens with zero attached hydrogens (tertiary/aromatic N) is 2. The first-order chi connectivity index (χ1) is 12.4. The molecule has 1 aliphatic rings. The molecule has 8 heteroatoms. The number of amides is 1. The molecule has 1 fully saturated rings. The minimum Gasteiger partial charge on any atom is -0.373 e. The average Bonchev–Trinajstić information content (AvgIpc) is 2.97. The van der Waals surface area contributed by atoms with Crippen LogP contribution in [0.15, 0.2) is 24.4 Å². The first-order valence-electron chi connectivity index (χ1n) is 8.46. The third-order valence-electron chi connectivity index (χ3n) is 4.08. The van der Waals surface area contributed by atoms with Gasteiger partial charge in [0.2, 0.25) is 5.91 Å². The van der Waals surface area contributed by atoms with Crippen LogP contribution < -0.4 is 5.32 Å². The van der Waals surface area contributed by atoms with Crippen molar-refractivity contribution in [2.75, 3.05) is 25.0 Å². The highest BCUT2D eigenvalue weighted by molar-refractivity contribution is 7.15. The molecule has 3 rings (SSSR count). The molecule has 1 aliphatic heterocycles. The summed E-state index contributed by atoms with van der Waals surface area (Å²) in [5.41, 5.74) is 0.869. The van der Waals surface area contributed by atoms with Gasteiger partial charge in [-0.05, 0) is 31.5 Å². The van der Waals surface area contributed by atoms with Gasteiger partial charge < -0.3 is 10.1 Å². The number of thiazole rings is 1. The molecule has 1 N–H and O–H groups in total. The number of ether oxygens (including phenoxy) is 1. The van der Waals surface area contributed by atoms with Crippen molar-refractivity contribution in [1.29, 1.82) is 0 Å². The minimum absolute atomic E-state index is 0.0667. The molecular weight excluding hydrogens is 393 g/mol. The van der Waals surface area contributed by atoms with Crippen molar-refractivity contribution in [2.45, 2.75) is 32.5 Å². The maximum absolute atomic E-state index is 12.3. The van der Waals surface area contributed by atoms with Crippen molar-refractivity contribution in [3.05, 3.63) is 44.9 Å². The summed E-state index contributed by atoms with van der Waals surface area (Å²) in [6, 6.07) is 5.45. The lowest BCUT2D eigenvalue weighted by Crippen LogP contribution is -2.48. The zero-order valence-electron chi connectivity index (χ0n) is 14.7. The molecule has 0 bridgehead atoms. The predicted molar refractivity (Wildman–Crippen MR) is 106 cm³/mol. The van der Waals surface area contributed by atoms with E-state index in [2.05, 4.69) is 15.2 Å². The van der Waals surface area contributed by atoms with Crippen LogP contribution in [-0.2, 0) is 16.0 Å². The Labute approximate surface area is 167 Å². The van der Waals surface area contributed by atoms with Crippen LogP contribution in [0.25, 0.3) is 0 Å². The van der Waals surface area contributed by atoms with Gasteiger partial charge in [0.05, 0.1) is 18.8 Å². The van der Waals surface area contributed by atoms with Crippen LogP contribution in [0, 0.1) is 0 Å². The highest BCUT2D eigenvalue weighted by Crippen LogP contribution is 2.29. The third kappa shape index (κ3) is 5.18. The van der Waals surface area contributed by atoms with E-state index in [1.165, 1.54) is 11.3 Å². The lowest BCUT2D eigenvalue weighted by atomic mass is 10.1. The van der Waals surface area contributed by atoms with Crippen LogP contribution in [0.4, 0.5) is 5.13 Å². The Kier molecular flexibility index (Phi) is 6.53. The van der Waals surface area contributed by atoms with Crippen LogP contribution in [0.2, 0.25) is 10.0 Å². The number of anilines is 1. The fourth-order valence-electron chi connectivity index (χ4n) is 3.10. The summed E-state index contributed by atoms with van der Waals surface area (Å²) in [5.74, 6) is -0.0667. The molecule has 0 unspecified atom stereocenters. The van der Waals surface area contributed by atoms with Crippen molar-refractivity contribution in [1.82, 2.24) is 9.88 Å². The number of hydrogen-bond acceptors (Lipinski definition) is 5. The Bertz CT molecular complexity index is 753. The number of benzene rings is 1. The van der Waals surface area contributed by atoms with Gasteiger partial charge in [0.15, 0.2) is 5.13 Å². The first kappa shape index (κ1) is 19.6. The Morgan fingerprint density at radius 1 is 1.31 bits per heavy atom. The van der Waals surface area contributed by atoms with E-state index in [-0.39, 0.29) is 18.1 Å². The first-order valence-corrected chi connectivity index (χ1v) is 10.0. The van der Waals surface area contributed by atoms with Gasteiger partial charge in [-0.25, -0.2) is 4.98 Å². The van der Waals surface area contributed by atoms with E-state index in [9.17, 15) is 4.79 Å². The Hall–Kier alpha value is -1.18. The molecule has 0 spiro atoms. The van der Waals surface area contributed by atoms with Crippen LogP contribution >= 0.6 is 34.5 Å². The Morgan fingerprint density at radius 3 is 2.62 bits per heavy atom. The monoisotopic (exact) mass is 413 g/mol. The van der Waals surface area contributed by atoms with E-state index >= 15 is 0 Å². The number of rotatable bonds is 5. The maximum Gasteiger partial charge on any atom is 0.240 e. The smallest absolute Gasteiger partial charge is 0.240 e. The van der Waals surface area contributed by atoms with Crippen molar-refractivity contribution < 1.29 is 9.53 Å². The number of hydrogen-bond donors (Lipinski definition) is 1. The van der Waals surface area contributed by atoms with E-state index in [4.69, 9.17) is 27.9 Å². The predicted octanol–water partition coefficient (Wildman–Crippen LogP) is 4.09. The molecule has 0 aliphatic carbocycles. The minimum atomic E-state index is -0.0667. The topological polar surface area (TPSA) is 54.5 Å². The van der Waals surface area contributed by atoms with Crippen molar-refractivity contribution in [2.24, 2.45) is 0 Å². The fourth-order valence-corrected chi connectivity index (χ4v) is 4.47. The van der Waals surface area contributed by atoms with Crippen molar-refractivity contribution >= 4 is 45.6 Å². The second-order valence-corrected chi connectivity index (χ2v) is 8.44.